The van der Waals surface area contributed by atoms with Crippen molar-refractivity contribution in [3.8, 4) is 0 Å². The van der Waals surface area contributed by atoms with Gasteiger partial charge in [0.15, 0.2) is 0 Å². The number of nitrogens with zero attached hydrogens (tertiary/aromatic N) is 1. The van der Waals surface area contributed by atoms with Crippen molar-refractivity contribution in [1.82, 2.24) is 4.90 Å². The summed E-state index contributed by atoms with van der Waals surface area (Å²) in [5, 5.41) is 0. The Bertz CT molecular complexity index is 78.2. The van der Waals surface area contributed by atoms with Gasteiger partial charge in [-0.25, -0.2) is 4.39 Å². The molecule has 0 aromatic heterocycles. The summed E-state index contributed by atoms with van der Waals surface area (Å²) in [5.41, 5.74) is 0. The molecule has 0 unspecified atom stereocenters. The molecule has 1 aliphatic heterocycles. The van der Waals surface area contributed by atoms with E-state index in [0.717, 1.165) is 19.4 Å². The quantitative estimate of drug-likeness (QED) is 0.566. The smallest absolute Gasteiger partial charge is 0.113 e. The average Bonchev–Trinajstić information content (AvgIpc) is 2.08. The third-order valence-corrected chi connectivity index (χ3v) is 1.57. The number of piperidine rings is 1. The Labute approximate surface area is 83.3 Å². The number of hydrogen-bond acceptors (Lipinski definition) is 1. The van der Waals surface area contributed by atoms with Gasteiger partial charge in [0, 0.05) is 6.54 Å². The lowest BCUT2D eigenvalue weighted by Crippen LogP contribution is -2.32. The molecule has 0 aromatic carbocycles. The molecule has 1 rings (SSSR count). The van der Waals surface area contributed by atoms with Crippen LogP contribution in [-0.4, -0.2) is 31.2 Å². The molecule has 0 bridgehead atoms. The summed E-state index contributed by atoms with van der Waals surface area (Å²) in [6.07, 6.45) is 2.48. The number of halogens is 1. The zero-order valence-corrected chi connectivity index (χ0v) is 9.94. The number of hydrogen-bond donors (Lipinski definition) is 0. The fourth-order valence-electron chi connectivity index (χ4n) is 1.10. The third-order valence-electron chi connectivity index (χ3n) is 1.57. The van der Waals surface area contributed by atoms with Crippen LogP contribution in [0, 0.1) is 0 Å². The topological polar surface area (TPSA) is 3.24 Å². The Kier molecular flexibility index (Phi) is 14.1. The van der Waals surface area contributed by atoms with Gasteiger partial charge in [-0.05, 0) is 26.4 Å². The van der Waals surface area contributed by atoms with Crippen LogP contribution in [0.2, 0.25) is 0 Å². The molecule has 82 valence electrons. The van der Waals surface area contributed by atoms with Crippen molar-refractivity contribution < 1.29 is 4.39 Å². The Morgan fingerprint density at radius 2 is 1.77 bits per heavy atom. The van der Waals surface area contributed by atoms with E-state index in [-0.39, 0.29) is 0 Å². The minimum Gasteiger partial charge on any atom is -0.303 e. The minimum absolute atomic E-state index is 0.561. The third kappa shape index (κ3) is 11.9. The van der Waals surface area contributed by atoms with Crippen molar-refractivity contribution in [2.24, 2.45) is 0 Å². The predicted molar refractivity (Wildman–Crippen MR) is 58.9 cm³/mol. The van der Waals surface area contributed by atoms with Crippen LogP contribution >= 0.6 is 0 Å². The molecule has 0 radical (unpaired) electrons. The lowest BCUT2D eigenvalue weighted by atomic mass is 10.1. The van der Waals surface area contributed by atoms with Gasteiger partial charge in [0.2, 0.25) is 0 Å². The fourth-order valence-corrected chi connectivity index (χ4v) is 1.10. The van der Waals surface area contributed by atoms with Crippen molar-refractivity contribution in [3.05, 3.63) is 0 Å². The second-order valence-electron chi connectivity index (χ2n) is 3.21. The summed E-state index contributed by atoms with van der Waals surface area (Å²) < 4.78 is 12.4. The van der Waals surface area contributed by atoms with Gasteiger partial charge in [-0.3, -0.25) is 0 Å². The highest BCUT2D eigenvalue weighted by Crippen LogP contribution is 2.09. The summed E-state index contributed by atoms with van der Waals surface area (Å²) in [4.78, 5) is 2.04. The van der Waals surface area contributed by atoms with E-state index in [2.05, 4.69) is 13.8 Å². The van der Waals surface area contributed by atoms with E-state index in [0.29, 0.717) is 6.54 Å². The van der Waals surface area contributed by atoms with E-state index < -0.39 is 6.17 Å². The van der Waals surface area contributed by atoms with Gasteiger partial charge in [-0.2, -0.15) is 0 Å². The molecule has 1 atom stereocenters. The lowest BCUT2D eigenvalue weighted by molar-refractivity contribution is 0.163. The SMILES string of the molecule is CC.CCC.CN1CCC[C@H](F)C1. The predicted octanol–water partition coefficient (Wildman–Crippen LogP) is 3.49. The number of likely N-dealkylation sites (tertiary alicyclic amines) is 1. The molecule has 0 aromatic rings. The van der Waals surface area contributed by atoms with Gasteiger partial charge < -0.3 is 4.90 Å². The Hall–Kier alpha value is -0.110. The Morgan fingerprint density at radius 3 is 2.00 bits per heavy atom. The molecule has 1 heterocycles. The van der Waals surface area contributed by atoms with Crippen molar-refractivity contribution in [1.29, 1.82) is 0 Å². The van der Waals surface area contributed by atoms with Crippen LogP contribution in [0.25, 0.3) is 0 Å². The zero-order valence-electron chi connectivity index (χ0n) is 9.94. The molecule has 13 heavy (non-hydrogen) atoms. The first-order valence-electron chi connectivity index (χ1n) is 5.53. The van der Waals surface area contributed by atoms with Gasteiger partial charge in [0.05, 0.1) is 0 Å². The average molecular weight is 191 g/mol. The van der Waals surface area contributed by atoms with E-state index in [1.807, 2.05) is 25.8 Å². The molecule has 0 N–H and O–H groups in total. The molecule has 0 aliphatic carbocycles. The summed E-state index contributed by atoms with van der Waals surface area (Å²) in [5.74, 6) is 0. The lowest BCUT2D eigenvalue weighted by Gasteiger charge is -2.24. The highest BCUT2D eigenvalue weighted by molar-refractivity contribution is 4.68. The maximum atomic E-state index is 12.4. The molecular weight excluding hydrogens is 165 g/mol. The second-order valence-corrected chi connectivity index (χ2v) is 3.21. The number of alkyl halides is 1. The highest BCUT2D eigenvalue weighted by atomic mass is 19.1. The number of rotatable bonds is 0. The van der Waals surface area contributed by atoms with Crippen molar-refractivity contribution in [3.63, 3.8) is 0 Å². The zero-order chi connectivity index (χ0) is 10.7. The van der Waals surface area contributed by atoms with Crippen molar-refractivity contribution >= 4 is 0 Å². The van der Waals surface area contributed by atoms with Gasteiger partial charge in [0.1, 0.15) is 6.17 Å². The van der Waals surface area contributed by atoms with Crippen LogP contribution < -0.4 is 0 Å². The fraction of sp³-hybridized carbons (Fsp3) is 1.00. The largest absolute Gasteiger partial charge is 0.303 e. The van der Waals surface area contributed by atoms with Gasteiger partial charge in [-0.1, -0.05) is 34.1 Å². The molecule has 0 amide bonds. The second kappa shape index (κ2) is 11.9. The van der Waals surface area contributed by atoms with Crippen LogP contribution in [0.3, 0.4) is 0 Å². The van der Waals surface area contributed by atoms with E-state index >= 15 is 0 Å². The molecule has 1 nitrogen and oxygen atoms in total. The van der Waals surface area contributed by atoms with E-state index in [1.165, 1.54) is 6.42 Å². The normalized spacial score (nSPS) is 22.2. The van der Waals surface area contributed by atoms with Crippen LogP contribution in [-0.2, 0) is 0 Å². The summed E-state index contributed by atoms with van der Waals surface area (Å²) >= 11 is 0. The Morgan fingerprint density at radius 1 is 1.31 bits per heavy atom. The first-order valence-corrected chi connectivity index (χ1v) is 5.53. The minimum atomic E-state index is -0.561. The van der Waals surface area contributed by atoms with E-state index in [9.17, 15) is 4.39 Å². The molecule has 1 aliphatic rings. The Balaban J connectivity index is 0. The van der Waals surface area contributed by atoms with Crippen LogP contribution in [0.15, 0.2) is 0 Å². The van der Waals surface area contributed by atoms with Gasteiger partial charge in [-0.15, -0.1) is 0 Å². The molecular formula is C11H26FN. The molecule has 1 fully saturated rings. The van der Waals surface area contributed by atoms with Crippen LogP contribution in [0.4, 0.5) is 4.39 Å². The molecule has 1 saturated heterocycles. The summed E-state index contributed by atoms with van der Waals surface area (Å²) in [6.45, 7) is 9.96. The molecule has 0 saturated carbocycles. The van der Waals surface area contributed by atoms with Crippen molar-refractivity contribution in [2.45, 2.75) is 53.1 Å². The maximum absolute atomic E-state index is 12.4. The summed E-state index contributed by atoms with van der Waals surface area (Å²) in [6, 6.07) is 0. The van der Waals surface area contributed by atoms with Crippen LogP contribution in [0.1, 0.15) is 47.0 Å². The van der Waals surface area contributed by atoms with E-state index in [1.54, 1.807) is 0 Å². The van der Waals surface area contributed by atoms with Crippen molar-refractivity contribution in [2.75, 3.05) is 20.1 Å². The summed E-state index contributed by atoms with van der Waals surface area (Å²) in [7, 11) is 1.96. The molecule has 2 heteroatoms. The highest BCUT2D eigenvalue weighted by Gasteiger charge is 2.14. The molecule has 0 spiro atoms. The van der Waals surface area contributed by atoms with Crippen LogP contribution in [0.5, 0.6) is 0 Å². The van der Waals surface area contributed by atoms with Gasteiger partial charge in [0.25, 0.3) is 0 Å². The van der Waals surface area contributed by atoms with E-state index in [4.69, 9.17) is 0 Å². The maximum Gasteiger partial charge on any atom is 0.113 e. The standard InChI is InChI=1S/C6H12FN.C3H8.C2H6/c1-8-4-2-3-6(7)5-8;1-3-2;1-2/h6H,2-5H2,1H3;3H2,1-2H3;1-2H3/t6-;;/m0../s1. The monoisotopic (exact) mass is 191 g/mol. The van der Waals surface area contributed by atoms with Gasteiger partial charge >= 0.3 is 0 Å². The first-order chi connectivity index (χ1) is 6.20. The first kappa shape index (κ1) is 15.4.